The summed E-state index contributed by atoms with van der Waals surface area (Å²) in [5.74, 6) is 0. The topological polar surface area (TPSA) is 24.4 Å². The van der Waals surface area contributed by atoms with Crippen LogP contribution in [0, 0.1) is 24.7 Å². The zero-order chi connectivity index (χ0) is 18.7. The molecule has 0 atom stereocenters. The predicted molar refractivity (Wildman–Crippen MR) is 102 cm³/mol. The zero-order valence-electron chi connectivity index (χ0n) is 16.1. The molecule has 2 nitrogen and oxygen atoms in total. The van der Waals surface area contributed by atoms with Gasteiger partial charge in [0.2, 0.25) is 0 Å². The maximum atomic E-state index is 12.9. The fourth-order valence-electron chi connectivity index (χ4n) is 2.28. The summed E-state index contributed by atoms with van der Waals surface area (Å²) in [6, 6.07) is 6.08. The number of allylic oxidation sites excluding steroid dienone is 2. The molecule has 0 saturated heterocycles. The molecule has 0 saturated carbocycles. The summed E-state index contributed by atoms with van der Waals surface area (Å²) in [6.45, 7) is 15.9. The van der Waals surface area contributed by atoms with Crippen molar-refractivity contribution in [2.45, 2.75) is 55.4 Å². The largest absolute Gasteiger partial charge is 0.692 e. The average molecular weight is 334 g/mol. The summed E-state index contributed by atoms with van der Waals surface area (Å²) in [4.78, 5) is 3.55. The number of halogens is 2. The maximum absolute atomic E-state index is 12.9. The molecule has 1 N–H and O–H groups in total. The summed E-state index contributed by atoms with van der Waals surface area (Å²) >= 11 is 0. The lowest BCUT2D eigenvalue weighted by atomic mass is 9.84. The number of nitrogens with zero attached hydrogens (tertiary/aromatic N) is 1. The molecule has 24 heavy (non-hydrogen) atoms. The molecule has 0 aliphatic heterocycles. The third-order valence-electron chi connectivity index (χ3n) is 3.83. The first-order valence-electron chi connectivity index (χ1n) is 8.24. The second-order valence-corrected chi connectivity index (χ2v) is 8.24. The monoisotopic (exact) mass is 334 g/mol. The molecule has 0 amide bonds. The Labute approximate surface area is 145 Å². The Morgan fingerprint density at radius 3 is 1.88 bits per heavy atom. The average Bonchev–Trinajstić information content (AvgIpc) is 2.37. The van der Waals surface area contributed by atoms with Crippen molar-refractivity contribution in [3.63, 3.8) is 0 Å². The predicted octanol–water partition coefficient (Wildman–Crippen LogP) is 6.06. The summed E-state index contributed by atoms with van der Waals surface area (Å²) in [5.41, 5.74) is 3.82. The van der Waals surface area contributed by atoms with Crippen molar-refractivity contribution in [1.82, 2.24) is 0 Å². The van der Waals surface area contributed by atoms with Gasteiger partial charge < -0.3 is 5.32 Å². The highest BCUT2D eigenvalue weighted by molar-refractivity contribution is 6.43. The molecule has 0 unspecified atom stereocenters. The van der Waals surface area contributed by atoms with Gasteiger partial charge in [0.15, 0.2) is 0 Å². The van der Waals surface area contributed by atoms with Crippen molar-refractivity contribution in [1.29, 1.82) is 0 Å². The van der Waals surface area contributed by atoms with Gasteiger partial charge in [-0.15, -0.1) is 0 Å². The van der Waals surface area contributed by atoms with E-state index in [-0.39, 0.29) is 5.41 Å². The smallest absolute Gasteiger partial charge is 0.358 e. The molecule has 0 aromatic heterocycles. The van der Waals surface area contributed by atoms with Crippen LogP contribution in [0.5, 0.6) is 0 Å². The number of aryl methyl sites for hydroxylation is 2. The van der Waals surface area contributed by atoms with Crippen molar-refractivity contribution in [2.24, 2.45) is 15.7 Å². The maximum Gasteiger partial charge on any atom is 0.692 e. The van der Waals surface area contributed by atoms with E-state index in [1.54, 1.807) is 6.08 Å². The lowest BCUT2D eigenvalue weighted by molar-refractivity contribution is 0.506. The van der Waals surface area contributed by atoms with E-state index in [1.165, 1.54) is 0 Å². The van der Waals surface area contributed by atoms with Crippen LogP contribution in [-0.2, 0) is 0 Å². The van der Waals surface area contributed by atoms with Crippen LogP contribution in [0.1, 0.15) is 52.7 Å². The van der Waals surface area contributed by atoms with E-state index < -0.39 is 12.8 Å². The van der Waals surface area contributed by atoms with Crippen molar-refractivity contribution < 1.29 is 8.63 Å². The minimum atomic E-state index is -2.71. The molecule has 0 fully saturated rings. The number of nitrogens with one attached hydrogen (secondary N) is 1. The number of hydrogen-bond acceptors (Lipinski definition) is 2. The molecule has 132 valence electrons. The first-order valence-corrected chi connectivity index (χ1v) is 8.24. The minimum absolute atomic E-state index is 0.233. The molecule has 0 radical (unpaired) electrons. The molecule has 0 aliphatic carbocycles. The van der Waals surface area contributed by atoms with Crippen LogP contribution in [0.2, 0.25) is 0 Å². The number of anilines is 1. The highest BCUT2D eigenvalue weighted by Gasteiger charge is 2.25. The third-order valence-corrected chi connectivity index (χ3v) is 3.83. The van der Waals surface area contributed by atoms with Gasteiger partial charge in [0.25, 0.3) is 0 Å². The van der Waals surface area contributed by atoms with Gasteiger partial charge in [-0.2, -0.15) is 0 Å². The lowest BCUT2D eigenvalue weighted by Crippen LogP contribution is -2.25. The van der Waals surface area contributed by atoms with Crippen LogP contribution in [0.25, 0.3) is 0 Å². The molecule has 1 aromatic carbocycles. The molecular formula is C19H29BF2N2. The van der Waals surface area contributed by atoms with Gasteiger partial charge in [-0.25, -0.2) is 0 Å². The van der Waals surface area contributed by atoms with Crippen molar-refractivity contribution in [3.8, 4) is 0 Å². The van der Waals surface area contributed by atoms with E-state index in [2.05, 4.69) is 31.0 Å². The van der Waals surface area contributed by atoms with Crippen molar-refractivity contribution >= 4 is 18.8 Å². The van der Waals surface area contributed by atoms with Crippen LogP contribution >= 0.6 is 0 Å². The Hall–Kier alpha value is -1.65. The summed E-state index contributed by atoms with van der Waals surface area (Å²) in [5, 5.41) is 3.47. The second kappa shape index (κ2) is 7.50. The zero-order valence-corrected chi connectivity index (χ0v) is 16.1. The number of hydrogen-bond donors (Lipinski definition) is 1. The van der Waals surface area contributed by atoms with Crippen LogP contribution < -0.4 is 5.32 Å². The quantitative estimate of drug-likeness (QED) is 0.525. The Bertz CT molecular complexity index is 615. The van der Waals surface area contributed by atoms with Crippen LogP contribution in [0.15, 0.2) is 34.9 Å². The fraction of sp³-hybridized carbons (Fsp3) is 0.526. The van der Waals surface area contributed by atoms with E-state index in [0.717, 1.165) is 22.5 Å². The van der Waals surface area contributed by atoms with Crippen LogP contribution in [0.4, 0.5) is 14.3 Å². The van der Waals surface area contributed by atoms with Gasteiger partial charge in [0, 0.05) is 27.9 Å². The SMILES string of the molecule is Cc1cccc(C)c1N/C(=C/C(=N/B(F)F)C(C)(C)C)C(C)(C)C. The minimum Gasteiger partial charge on any atom is -0.358 e. The molecular weight excluding hydrogens is 305 g/mol. The first-order chi connectivity index (χ1) is 10.8. The summed E-state index contributed by atoms with van der Waals surface area (Å²) in [6.07, 6.45) is 1.78. The van der Waals surface area contributed by atoms with E-state index >= 15 is 0 Å². The molecule has 0 aliphatic rings. The molecule has 0 bridgehead atoms. The van der Waals surface area contributed by atoms with Gasteiger partial charge in [0.05, 0.1) is 0 Å². The standard InChI is InChI=1S/C19H29BF2N2/c1-13-10-9-11-14(2)17(13)23-15(18(3,4)5)12-16(19(6,7)8)24-20(21)22/h9-12,23H,1-8H3/b15-12+,24-16-. The number of benzene rings is 1. The molecule has 1 aromatic rings. The Morgan fingerprint density at radius 2 is 1.50 bits per heavy atom. The van der Waals surface area contributed by atoms with E-state index in [0.29, 0.717) is 5.71 Å². The van der Waals surface area contributed by atoms with Crippen LogP contribution in [-0.4, -0.2) is 13.1 Å². The molecule has 5 heteroatoms. The van der Waals surface area contributed by atoms with Crippen LogP contribution in [0.3, 0.4) is 0 Å². The Kier molecular flexibility index (Phi) is 6.37. The van der Waals surface area contributed by atoms with E-state index in [4.69, 9.17) is 0 Å². The number of rotatable bonds is 4. The van der Waals surface area contributed by atoms with Crippen molar-refractivity contribution in [2.75, 3.05) is 5.32 Å². The molecule has 1 rings (SSSR count). The van der Waals surface area contributed by atoms with E-state index in [9.17, 15) is 8.63 Å². The highest BCUT2D eigenvalue weighted by atomic mass is 19.2. The summed E-state index contributed by atoms with van der Waals surface area (Å²) in [7, 11) is -2.71. The van der Waals surface area contributed by atoms with Gasteiger partial charge in [-0.05, 0) is 31.1 Å². The Balaban J connectivity index is 3.42. The Morgan fingerprint density at radius 1 is 1.00 bits per heavy atom. The molecule has 0 spiro atoms. The molecule has 0 heterocycles. The first kappa shape index (κ1) is 20.4. The third kappa shape index (κ3) is 5.77. The van der Waals surface area contributed by atoms with Gasteiger partial charge in [-0.1, -0.05) is 59.7 Å². The highest BCUT2D eigenvalue weighted by Crippen LogP contribution is 2.31. The van der Waals surface area contributed by atoms with Gasteiger partial charge in [0.1, 0.15) is 0 Å². The van der Waals surface area contributed by atoms with Gasteiger partial charge >= 0.3 is 7.40 Å². The normalized spacial score (nSPS) is 13.9. The number of para-hydroxylation sites is 1. The second-order valence-electron chi connectivity index (χ2n) is 8.24. The van der Waals surface area contributed by atoms with Crippen molar-refractivity contribution in [3.05, 3.63) is 41.1 Å². The van der Waals surface area contributed by atoms with E-state index in [1.807, 2.05) is 52.8 Å². The van der Waals surface area contributed by atoms with Gasteiger partial charge in [-0.3, -0.25) is 13.5 Å². The lowest BCUT2D eigenvalue weighted by Gasteiger charge is -2.29. The fourth-order valence-corrected chi connectivity index (χ4v) is 2.28. The summed E-state index contributed by atoms with van der Waals surface area (Å²) < 4.78 is 25.8.